The summed E-state index contributed by atoms with van der Waals surface area (Å²) in [6.45, 7) is 6.05. The number of benzene rings is 3. The van der Waals surface area contributed by atoms with Crippen LogP contribution < -0.4 is 0 Å². The van der Waals surface area contributed by atoms with Crippen molar-refractivity contribution in [3.63, 3.8) is 0 Å². The highest BCUT2D eigenvalue weighted by Gasteiger charge is 2.47. The van der Waals surface area contributed by atoms with Crippen molar-refractivity contribution in [2.45, 2.75) is 89.6 Å². The standard InChI is InChI=1S/C36H45NO3/c1-28-34(39-26-31-13-7-3-8-14-31)35(40-27-32-15-9-4-10-16-32)33(38-25-30-11-5-2-6-12-30)24-37(28)23-29-17-19-36(20-18-29)21-22-36/h2-16,28-29,33-35H,17-27H2,1H3/t28-,33+,34-,35-/m1/s1. The molecule has 0 bridgehead atoms. The van der Waals surface area contributed by atoms with Crippen LogP contribution in [0.4, 0.5) is 0 Å². The lowest BCUT2D eigenvalue weighted by atomic mass is 9.79. The minimum atomic E-state index is -0.153. The molecule has 0 radical (unpaired) electrons. The van der Waals surface area contributed by atoms with Crippen LogP contribution in [0.1, 0.15) is 62.1 Å². The average Bonchev–Trinajstić information content (AvgIpc) is 3.77. The van der Waals surface area contributed by atoms with E-state index in [1.807, 2.05) is 0 Å². The number of nitrogens with zero attached hydrogens (tertiary/aromatic N) is 1. The van der Waals surface area contributed by atoms with Crippen LogP contribution in [0.5, 0.6) is 0 Å². The van der Waals surface area contributed by atoms with Gasteiger partial charge in [-0.1, -0.05) is 91.0 Å². The Balaban J connectivity index is 1.21. The Morgan fingerprint density at radius 3 is 1.60 bits per heavy atom. The van der Waals surface area contributed by atoms with E-state index in [2.05, 4.69) is 103 Å². The van der Waals surface area contributed by atoms with Gasteiger partial charge in [0.2, 0.25) is 0 Å². The van der Waals surface area contributed by atoms with Crippen LogP contribution in [0.15, 0.2) is 91.0 Å². The van der Waals surface area contributed by atoms with Crippen molar-refractivity contribution in [3.05, 3.63) is 108 Å². The van der Waals surface area contributed by atoms with Crippen molar-refractivity contribution in [1.29, 1.82) is 0 Å². The van der Waals surface area contributed by atoms with Crippen LogP contribution in [0.3, 0.4) is 0 Å². The molecule has 2 aliphatic carbocycles. The fourth-order valence-electron chi connectivity index (χ4n) is 6.81. The van der Waals surface area contributed by atoms with E-state index < -0.39 is 0 Å². The number of hydrogen-bond donors (Lipinski definition) is 0. The van der Waals surface area contributed by atoms with Gasteiger partial charge in [0.1, 0.15) is 12.2 Å². The molecule has 1 spiro atoms. The highest BCUT2D eigenvalue weighted by molar-refractivity contribution is 5.16. The van der Waals surface area contributed by atoms with Gasteiger partial charge >= 0.3 is 0 Å². The van der Waals surface area contributed by atoms with E-state index in [9.17, 15) is 0 Å². The molecule has 3 aromatic rings. The quantitative estimate of drug-likeness (QED) is 0.254. The molecule has 4 atom stereocenters. The molecule has 6 rings (SSSR count). The van der Waals surface area contributed by atoms with Gasteiger partial charge in [0.25, 0.3) is 0 Å². The van der Waals surface area contributed by atoms with Crippen LogP contribution in [0, 0.1) is 11.3 Å². The average molecular weight is 540 g/mol. The van der Waals surface area contributed by atoms with Gasteiger partial charge in [0.05, 0.1) is 25.9 Å². The molecule has 0 amide bonds. The predicted molar refractivity (Wildman–Crippen MR) is 160 cm³/mol. The van der Waals surface area contributed by atoms with Crippen molar-refractivity contribution >= 4 is 0 Å². The van der Waals surface area contributed by atoms with Gasteiger partial charge in [-0.3, -0.25) is 4.90 Å². The molecule has 0 aromatic heterocycles. The fourth-order valence-corrected chi connectivity index (χ4v) is 6.81. The Labute approximate surface area is 240 Å². The third-order valence-electron chi connectivity index (χ3n) is 9.65. The number of likely N-dealkylation sites (tertiary alicyclic amines) is 1. The largest absolute Gasteiger partial charge is 0.369 e. The first-order chi connectivity index (χ1) is 19.7. The van der Waals surface area contributed by atoms with Crippen LogP contribution in [0.25, 0.3) is 0 Å². The van der Waals surface area contributed by atoms with E-state index in [0.29, 0.717) is 19.8 Å². The summed E-state index contributed by atoms with van der Waals surface area (Å²) in [5.41, 5.74) is 4.29. The molecular formula is C36H45NO3. The van der Waals surface area contributed by atoms with Gasteiger partial charge in [-0.05, 0) is 73.5 Å². The first kappa shape index (κ1) is 27.7. The van der Waals surface area contributed by atoms with Gasteiger partial charge in [-0.15, -0.1) is 0 Å². The van der Waals surface area contributed by atoms with Gasteiger partial charge in [-0.2, -0.15) is 0 Å². The lowest BCUT2D eigenvalue weighted by molar-refractivity contribution is -0.202. The molecular weight excluding hydrogens is 494 g/mol. The van der Waals surface area contributed by atoms with E-state index in [1.165, 1.54) is 55.2 Å². The van der Waals surface area contributed by atoms with E-state index in [0.717, 1.165) is 24.4 Å². The molecule has 40 heavy (non-hydrogen) atoms. The van der Waals surface area contributed by atoms with Crippen LogP contribution in [-0.2, 0) is 34.0 Å². The molecule has 3 aromatic carbocycles. The molecule has 1 heterocycles. The molecule has 3 aliphatic rings. The predicted octanol–water partition coefficient (Wildman–Crippen LogP) is 7.42. The zero-order chi connectivity index (χ0) is 27.2. The van der Waals surface area contributed by atoms with Crippen LogP contribution in [-0.4, -0.2) is 42.3 Å². The normalized spacial score (nSPS) is 26.6. The van der Waals surface area contributed by atoms with Crippen molar-refractivity contribution in [3.8, 4) is 0 Å². The Kier molecular flexibility index (Phi) is 8.98. The van der Waals surface area contributed by atoms with Crippen molar-refractivity contribution in [2.24, 2.45) is 11.3 Å². The number of rotatable bonds is 11. The van der Waals surface area contributed by atoms with Crippen molar-refractivity contribution in [2.75, 3.05) is 13.1 Å². The molecule has 2 saturated carbocycles. The number of ether oxygens (including phenoxy) is 3. The van der Waals surface area contributed by atoms with E-state index in [1.54, 1.807) is 0 Å². The second-order valence-corrected chi connectivity index (χ2v) is 12.5. The fraction of sp³-hybridized carbons (Fsp3) is 0.500. The van der Waals surface area contributed by atoms with Gasteiger partial charge in [0.15, 0.2) is 0 Å². The Morgan fingerprint density at radius 1 is 0.625 bits per heavy atom. The molecule has 212 valence electrons. The summed E-state index contributed by atoms with van der Waals surface area (Å²) in [6, 6.07) is 31.7. The topological polar surface area (TPSA) is 30.9 Å². The molecule has 4 heteroatoms. The van der Waals surface area contributed by atoms with E-state index >= 15 is 0 Å². The minimum absolute atomic E-state index is 0.0701. The summed E-state index contributed by atoms with van der Waals surface area (Å²) in [4.78, 5) is 2.66. The molecule has 3 fully saturated rings. The van der Waals surface area contributed by atoms with E-state index in [-0.39, 0.29) is 24.4 Å². The maximum Gasteiger partial charge on any atom is 0.113 e. The lowest BCUT2D eigenvalue weighted by Gasteiger charge is -2.48. The molecule has 1 aliphatic heterocycles. The zero-order valence-electron chi connectivity index (χ0n) is 24.0. The molecule has 0 N–H and O–H groups in total. The van der Waals surface area contributed by atoms with Crippen LogP contribution >= 0.6 is 0 Å². The maximum atomic E-state index is 6.78. The SMILES string of the molecule is C[C@@H]1[C@@H](OCc2ccccc2)[C@H](OCc2ccccc2)[C@@H](OCc2ccccc2)CN1CC1CCC2(CC1)CC2. The second kappa shape index (κ2) is 13.0. The van der Waals surface area contributed by atoms with Gasteiger partial charge < -0.3 is 14.2 Å². The Bertz CT molecular complexity index is 1160. The van der Waals surface area contributed by atoms with E-state index in [4.69, 9.17) is 14.2 Å². The summed E-state index contributed by atoms with van der Waals surface area (Å²) in [7, 11) is 0. The molecule has 0 unspecified atom stereocenters. The summed E-state index contributed by atoms with van der Waals surface area (Å²) in [5.74, 6) is 0.764. The monoisotopic (exact) mass is 539 g/mol. The maximum absolute atomic E-state index is 6.78. The van der Waals surface area contributed by atoms with Gasteiger partial charge in [-0.25, -0.2) is 0 Å². The van der Waals surface area contributed by atoms with Crippen molar-refractivity contribution in [1.82, 2.24) is 4.90 Å². The summed E-state index contributed by atoms with van der Waals surface area (Å²) in [5, 5.41) is 0. The smallest absolute Gasteiger partial charge is 0.113 e. The highest BCUT2D eigenvalue weighted by atomic mass is 16.6. The molecule has 4 nitrogen and oxygen atoms in total. The first-order valence-electron chi connectivity index (χ1n) is 15.4. The molecule has 1 saturated heterocycles. The lowest BCUT2D eigenvalue weighted by Crippen LogP contribution is -2.63. The summed E-state index contributed by atoms with van der Waals surface area (Å²) in [6.07, 6.45) is 8.19. The third kappa shape index (κ3) is 7.03. The first-order valence-corrected chi connectivity index (χ1v) is 15.4. The Morgan fingerprint density at radius 2 is 1.10 bits per heavy atom. The minimum Gasteiger partial charge on any atom is -0.369 e. The third-order valence-corrected chi connectivity index (χ3v) is 9.65. The Hall–Kier alpha value is -2.50. The highest BCUT2D eigenvalue weighted by Crippen LogP contribution is 2.57. The van der Waals surface area contributed by atoms with Gasteiger partial charge in [0, 0.05) is 19.1 Å². The summed E-state index contributed by atoms with van der Waals surface area (Å²) < 4.78 is 20.2. The van der Waals surface area contributed by atoms with Crippen molar-refractivity contribution < 1.29 is 14.2 Å². The number of hydrogen-bond acceptors (Lipinski definition) is 4. The number of piperidine rings is 1. The zero-order valence-corrected chi connectivity index (χ0v) is 24.0. The summed E-state index contributed by atoms with van der Waals surface area (Å²) >= 11 is 0. The second-order valence-electron chi connectivity index (χ2n) is 12.5. The van der Waals surface area contributed by atoms with Crippen LogP contribution in [0.2, 0.25) is 0 Å².